The van der Waals surface area contributed by atoms with Gasteiger partial charge in [0, 0.05) is 11.2 Å². The molecule has 1 spiro atoms. The molecular weight excluding hydrogens is 340 g/mol. The van der Waals surface area contributed by atoms with Crippen molar-refractivity contribution in [2.24, 2.45) is 28.6 Å². The molecule has 4 fully saturated rings. The molecule has 2 nitrogen and oxygen atoms in total. The van der Waals surface area contributed by atoms with E-state index in [4.69, 9.17) is 11.2 Å². The van der Waals surface area contributed by atoms with Gasteiger partial charge in [0.25, 0.3) is 0 Å². The molecule has 26 heavy (non-hydrogen) atoms. The second-order valence-corrected chi connectivity index (χ2v) is 11.4. The normalized spacial score (nSPS) is 55.6. The van der Waals surface area contributed by atoms with Crippen LogP contribution in [0.4, 0.5) is 0 Å². The van der Waals surface area contributed by atoms with E-state index in [1.165, 1.54) is 25.7 Å². The minimum atomic E-state index is -0.884. The maximum atomic E-state index is 11.1. The predicted octanol–water partition coefficient (Wildman–Crippen LogP) is 4.77. The molecule has 1 heterocycles. The van der Waals surface area contributed by atoms with Crippen molar-refractivity contribution in [3.05, 3.63) is 11.6 Å². The van der Waals surface area contributed by atoms with Crippen LogP contribution in [0.1, 0.15) is 65.2 Å². The molecule has 1 saturated heterocycles. The lowest BCUT2D eigenvalue weighted by atomic mass is 9.46. The Bertz CT molecular complexity index is 687. The van der Waals surface area contributed by atoms with Crippen LogP contribution in [-0.4, -0.2) is 28.0 Å². The Hall–Kier alpha value is -0.430. The molecular formula is C23H32O2S. The number of hydrogen-bond acceptors (Lipinski definition) is 3. The number of aliphatic hydroxyl groups is 1. The topological polar surface area (TPSA) is 29.5 Å². The summed E-state index contributed by atoms with van der Waals surface area (Å²) in [6.07, 6.45) is 17.4. The molecule has 0 radical (unpaired) electrons. The number of allylic oxidation sites excluding steroid dienone is 1. The van der Waals surface area contributed by atoms with Crippen molar-refractivity contribution in [2.45, 2.75) is 75.7 Å². The lowest BCUT2D eigenvalue weighted by Crippen LogP contribution is -2.54. The van der Waals surface area contributed by atoms with Crippen LogP contribution in [-0.2, 0) is 4.74 Å². The van der Waals surface area contributed by atoms with E-state index in [9.17, 15) is 5.11 Å². The molecule has 0 bridgehead atoms. The van der Waals surface area contributed by atoms with Crippen LogP contribution in [0.15, 0.2) is 11.6 Å². The van der Waals surface area contributed by atoms with Crippen LogP contribution in [0.2, 0.25) is 0 Å². The standard InChI is InChI=1S/C23H32O2S/c1-4-22(24)10-8-19-17-6-5-16-15-23(25-13-14-26-23)12-11-20(16,2)18(17)7-9-21(19,22)3/h1,15,17-19,24H,5-14H2,2-3H3/t17-,18+,19+,20+,21+,22+,23?/m1/s1. The van der Waals surface area contributed by atoms with Crippen molar-refractivity contribution in [3.63, 3.8) is 0 Å². The smallest absolute Gasteiger partial charge is 0.132 e. The molecule has 142 valence electrons. The van der Waals surface area contributed by atoms with Gasteiger partial charge in [0.1, 0.15) is 10.5 Å². The Morgan fingerprint density at radius 3 is 2.69 bits per heavy atom. The number of rotatable bonds is 0. The zero-order chi connectivity index (χ0) is 18.2. The van der Waals surface area contributed by atoms with E-state index in [0.29, 0.717) is 11.3 Å². The molecule has 0 aromatic heterocycles. The Kier molecular flexibility index (Phi) is 3.77. The Balaban J connectivity index is 1.47. The highest BCUT2D eigenvalue weighted by Gasteiger charge is 2.64. The zero-order valence-corrected chi connectivity index (χ0v) is 17.0. The van der Waals surface area contributed by atoms with Crippen molar-refractivity contribution in [2.75, 3.05) is 12.4 Å². The van der Waals surface area contributed by atoms with E-state index in [0.717, 1.165) is 49.9 Å². The first-order valence-corrected chi connectivity index (χ1v) is 11.5. The highest BCUT2D eigenvalue weighted by Crippen LogP contribution is 2.68. The molecule has 1 unspecified atom stereocenters. The quantitative estimate of drug-likeness (QED) is 0.490. The molecule has 0 aromatic rings. The summed E-state index contributed by atoms with van der Waals surface area (Å²) < 4.78 is 6.17. The molecule has 0 aromatic carbocycles. The van der Waals surface area contributed by atoms with Gasteiger partial charge in [-0.05, 0) is 80.6 Å². The predicted molar refractivity (Wildman–Crippen MR) is 107 cm³/mol. The average Bonchev–Trinajstić information content (AvgIpc) is 3.19. The largest absolute Gasteiger partial charge is 0.377 e. The third kappa shape index (κ3) is 2.10. The molecule has 5 rings (SSSR count). The van der Waals surface area contributed by atoms with Crippen molar-refractivity contribution in [1.29, 1.82) is 0 Å². The molecule has 3 heteroatoms. The second-order valence-electron chi connectivity index (χ2n) is 10.0. The number of hydrogen-bond donors (Lipinski definition) is 1. The van der Waals surface area contributed by atoms with Crippen molar-refractivity contribution in [3.8, 4) is 12.3 Å². The van der Waals surface area contributed by atoms with Crippen LogP contribution in [0.5, 0.6) is 0 Å². The van der Waals surface area contributed by atoms with Gasteiger partial charge in [0.15, 0.2) is 0 Å². The summed E-state index contributed by atoms with van der Waals surface area (Å²) in [6, 6.07) is 0. The van der Waals surface area contributed by atoms with Gasteiger partial charge < -0.3 is 9.84 Å². The minimum Gasteiger partial charge on any atom is -0.377 e. The monoisotopic (exact) mass is 372 g/mol. The van der Waals surface area contributed by atoms with Crippen molar-refractivity contribution in [1.82, 2.24) is 0 Å². The average molecular weight is 373 g/mol. The van der Waals surface area contributed by atoms with Gasteiger partial charge in [0.2, 0.25) is 0 Å². The van der Waals surface area contributed by atoms with Crippen molar-refractivity contribution >= 4 is 11.8 Å². The molecule has 7 atom stereocenters. The van der Waals surface area contributed by atoms with Crippen LogP contribution in [0, 0.1) is 40.9 Å². The van der Waals surface area contributed by atoms with Crippen molar-refractivity contribution < 1.29 is 9.84 Å². The fourth-order valence-corrected chi connectivity index (χ4v) is 8.78. The highest BCUT2D eigenvalue weighted by molar-refractivity contribution is 8.00. The second kappa shape index (κ2) is 5.56. The van der Waals surface area contributed by atoms with Crippen LogP contribution >= 0.6 is 11.8 Å². The third-order valence-corrected chi connectivity index (χ3v) is 10.6. The lowest BCUT2D eigenvalue weighted by Gasteiger charge is -2.59. The summed E-state index contributed by atoms with van der Waals surface area (Å²) in [5.41, 5.74) is 1.04. The first-order valence-electron chi connectivity index (χ1n) is 10.6. The Labute approximate surface area is 162 Å². The van der Waals surface area contributed by atoms with Gasteiger partial charge in [-0.25, -0.2) is 0 Å². The van der Waals surface area contributed by atoms with E-state index in [2.05, 4.69) is 25.8 Å². The number of fused-ring (bicyclic) bond motifs is 5. The van der Waals surface area contributed by atoms with Crippen LogP contribution < -0.4 is 0 Å². The van der Waals surface area contributed by atoms with Gasteiger partial charge in [-0.15, -0.1) is 18.2 Å². The molecule has 5 aliphatic rings. The molecule has 3 saturated carbocycles. The molecule has 1 aliphatic heterocycles. The van der Waals surface area contributed by atoms with E-state index in [1.54, 1.807) is 5.57 Å². The fraction of sp³-hybridized carbons (Fsp3) is 0.826. The van der Waals surface area contributed by atoms with Gasteiger partial charge in [-0.1, -0.05) is 25.3 Å². The van der Waals surface area contributed by atoms with Gasteiger partial charge >= 0.3 is 0 Å². The number of ether oxygens (including phenoxy) is 1. The highest BCUT2D eigenvalue weighted by atomic mass is 32.2. The van der Waals surface area contributed by atoms with Crippen LogP contribution in [0.3, 0.4) is 0 Å². The summed E-state index contributed by atoms with van der Waals surface area (Å²) in [5.74, 6) is 6.01. The summed E-state index contributed by atoms with van der Waals surface area (Å²) in [6.45, 7) is 5.72. The lowest BCUT2D eigenvalue weighted by molar-refractivity contribution is -0.102. The van der Waals surface area contributed by atoms with Gasteiger partial charge in [-0.3, -0.25) is 0 Å². The number of terminal acetylenes is 1. The zero-order valence-electron chi connectivity index (χ0n) is 16.2. The fourth-order valence-electron chi connectivity index (χ4n) is 7.63. The van der Waals surface area contributed by atoms with E-state index in [-0.39, 0.29) is 10.3 Å². The van der Waals surface area contributed by atoms with Gasteiger partial charge in [-0.2, -0.15) is 0 Å². The summed E-state index contributed by atoms with van der Waals surface area (Å²) >= 11 is 2.01. The first-order chi connectivity index (χ1) is 12.4. The molecule has 4 aliphatic carbocycles. The summed E-state index contributed by atoms with van der Waals surface area (Å²) in [4.78, 5) is -0.0120. The Morgan fingerprint density at radius 1 is 1.15 bits per heavy atom. The minimum absolute atomic E-state index is 0.0120. The van der Waals surface area contributed by atoms with Gasteiger partial charge in [0.05, 0.1) is 6.61 Å². The summed E-state index contributed by atoms with van der Waals surface area (Å²) in [7, 11) is 0. The number of thioether (sulfide) groups is 1. The third-order valence-electron chi connectivity index (χ3n) is 9.29. The van der Waals surface area contributed by atoms with E-state index >= 15 is 0 Å². The maximum absolute atomic E-state index is 11.1. The first kappa shape index (κ1) is 17.7. The SMILES string of the molecule is C#C[C@]1(O)CC[C@H]2[C@@H]3CCC4=CC5(CC[C@]4(C)[C@H]3CC[C@@]21C)OCCS5. The maximum Gasteiger partial charge on any atom is 0.132 e. The summed E-state index contributed by atoms with van der Waals surface area (Å²) in [5, 5.41) is 11.1. The Morgan fingerprint density at radius 2 is 1.96 bits per heavy atom. The molecule has 1 N–H and O–H groups in total. The molecule has 0 amide bonds. The van der Waals surface area contributed by atoms with E-state index < -0.39 is 5.60 Å². The van der Waals surface area contributed by atoms with Crippen LogP contribution in [0.25, 0.3) is 0 Å². The van der Waals surface area contributed by atoms with E-state index in [1.807, 2.05) is 11.8 Å².